The third-order valence-electron chi connectivity index (χ3n) is 6.18. The number of carbonyl (C=O) groups is 2. The Morgan fingerprint density at radius 1 is 0.943 bits per heavy atom. The molecule has 35 heavy (non-hydrogen) atoms. The van der Waals surface area contributed by atoms with Gasteiger partial charge in [0.2, 0.25) is 21.8 Å². The van der Waals surface area contributed by atoms with Crippen LogP contribution in [-0.4, -0.2) is 56.6 Å². The highest BCUT2D eigenvalue weighted by Gasteiger charge is 2.30. The minimum atomic E-state index is -3.73. The largest absolute Gasteiger partial charge is 0.352 e. The molecule has 1 N–H and O–H groups in total. The van der Waals surface area contributed by atoms with Crippen molar-refractivity contribution in [3.05, 3.63) is 65.7 Å². The van der Waals surface area contributed by atoms with Gasteiger partial charge >= 0.3 is 0 Å². The summed E-state index contributed by atoms with van der Waals surface area (Å²) in [7, 11) is -3.73. The van der Waals surface area contributed by atoms with E-state index in [2.05, 4.69) is 19.2 Å². The molecule has 2 rings (SSSR count). The normalized spacial score (nSPS) is 13.2. The topological polar surface area (TPSA) is 86.8 Å². The van der Waals surface area contributed by atoms with Crippen LogP contribution in [0, 0.1) is 0 Å². The average molecular weight is 502 g/mol. The number of anilines is 1. The van der Waals surface area contributed by atoms with E-state index in [0.717, 1.165) is 28.1 Å². The second-order valence-corrected chi connectivity index (χ2v) is 11.2. The molecular weight excluding hydrogens is 462 g/mol. The lowest BCUT2D eigenvalue weighted by Gasteiger charge is -2.32. The van der Waals surface area contributed by atoms with Crippen LogP contribution in [0.1, 0.15) is 58.1 Å². The molecule has 0 heterocycles. The molecule has 0 aliphatic rings. The second kappa shape index (κ2) is 12.7. The van der Waals surface area contributed by atoms with Gasteiger partial charge in [0, 0.05) is 12.6 Å². The summed E-state index contributed by atoms with van der Waals surface area (Å²) in [5.41, 5.74) is 2.53. The molecule has 2 amide bonds. The van der Waals surface area contributed by atoms with E-state index >= 15 is 0 Å². The van der Waals surface area contributed by atoms with Gasteiger partial charge in [0.1, 0.15) is 12.6 Å². The number of hydrogen-bond donors (Lipinski definition) is 1. The Kier molecular flexibility index (Phi) is 10.3. The summed E-state index contributed by atoms with van der Waals surface area (Å²) in [4.78, 5) is 27.9. The standard InChI is InChI=1S/C27H39N3O4S/c1-7-21(4)28-27(32)22(5)29(18-17-23-11-9-8-10-12-23)26(31)19-30(35(6,33)34)25-15-13-24(14-16-25)20(2)3/h8-16,20-22H,7,17-19H2,1-6H3,(H,28,32)/t21-,22+/m1/s1. The lowest BCUT2D eigenvalue weighted by Crippen LogP contribution is -2.53. The van der Waals surface area contributed by atoms with Crippen molar-refractivity contribution in [2.45, 2.75) is 65.5 Å². The molecule has 0 spiro atoms. The molecule has 2 aromatic carbocycles. The van der Waals surface area contributed by atoms with Gasteiger partial charge in [-0.2, -0.15) is 0 Å². The maximum absolute atomic E-state index is 13.5. The SMILES string of the molecule is CC[C@@H](C)NC(=O)[C@H](C)N(CCc1ccccc1)C(=O)CN(c1ccc(C(C)C)cc1)S(C)(=O)=O. The van der Waals surface area contributed by atoms with Crippen LogP contribution in [0.4, 0.5) is 5.69 Å². The van der Waals surface area contributed by atoms with Gasteiger partial charge in [-0.05, 0) is 55.9 Å². The first kappa shape index (κ1) is 28.4. The molecule has 2 atom stereocenters. The van der Waals surface area contributed by atoms with Gasteiger partial charge in [-0.15, -0.1) is 0 Å². The smallest absolute Gasteiger partial charge is 0.244 e. The van der Waals surface area contributed by atoms with Gasteiger partial charge in [0.25, 0.3) is 0 Å². The van der Waals surface area contributed by atoms with E-state index in [1.165, 1.54) is 4.90 Å². The Hall–Kier alpha value is -2.87. The Labute approximate surface area is 210 Å². The summed E-state index contributed by atoms with van der Waals surface area (Å²) in [5, 5.41) is 2.93. The number of benzene rings is 2. The van der Waals surface area contributed by atoms with E-state index in [9.17, 15) is 18.0 Å². The van der Waals surface area contributed by atoms with E-state index < -0.39 is 22.0 Å². The van der Waals surface area contributed by atoms with Crippen molar-refractivity contribution in [1.29, 1.82) is 0 Å². The molecule has 0 radical (unpaired) electrons. The molecular formula is C27H39N3O4S. The second-order valence-electron chi connectivity index (χ2n) is 9.33. The van der Waals surface area contributed by atoms with E-state index in [1.807, 2.05) is 56.3 Å². The van der Waals surface area contributed by atoms with Crippen LogP contribution in [0.15, 0.2) is 54.6 Å². The van der Waals surface area contributed by atoms with Gasteiger partial charge in [0.15, 0.2) is 0 Å². The highest BCUT2D eigenvalue weighted by molar-refractivity contribution is 7.92. The highest BCUT2D eigenvalue weighted by Crippen LogP contribution is 2.22. The molecule has 0 fully saturated rings. The number of nitrogens with zero attached hydrogens (tertiary/aromatic N) is 2. The fourth-order valence-corrected chi connectivity index (χ4v) is 4.52. The van der Waals surface area contributed by atoms with Gasteiger partial charge in [-0.3, -0.25) is 13.9 Å². The number of nitrogens with one attached hydrogen (secondary N) is 1. The molecule has 0 saturated carbocycles. The number of carbonyl (C=O) groups excluding carboxylic acids is 2. The summed E-state index contributed by atoms with van der Waals surface area (Å²) in [6.45, 7) is 9.60. The quantitative estimate of drug-likeness (QED) is 0.477. The highest BCUT2D eigenvalue weighted by atomic mass is 32.2. The number of sulfonamides is 1. The Morgan fingerprint density at radius 2 is 1.54 bits per heavy atom. The van der Waals surface area contributed by atoms with E-state index in [4.69, 9.17) is 0 Å². The molecule has 0 bridgehead atoms. The fourth-order valence-electron chi connectivity index (χ4n) is 3.67. The lowest BCUT2D eigenvalue weighted by molar-refractivity contribution is -0.139. The summed E-state index contributed by atoms with van der Waals surface area (Å²) in [6, 6.07) is 16.1. The molecule has 0 unspecified atom stereocenters. The van der Waals surface area contributed by atoms with Crippen LogP contribution < -0.4 is 9.62 Å². The van der Waals surface area contributed by atoms with Crippen molar-refractivity contribution < 1.29 is 18.0 Å². The maximum atomic E-state index is 13.5. The monoisotopic (exact) mass is 501 g/mol. The first-order valence-corrected chi connectivity index (χ1v) is 14.0. The summed E-state index contributed by atoms with van der Waals surface area (Å²) >= 11 is 0. The molecule has 0 saturated heterocycles. The Morgan fingerprint density at radius 3 is 2.06 bits per heavy atom. The average Bonchev–Trinajstić information content (AvgIpc) is 2.82. The Balaban J connectivity index is 2.31. The Bertz CT molecular complexity index is 1070. The van der Waals surface area contributed by atoms with Crippen molar-refractivity contribution in [1.82, 2.24) is 10.2 Å². The first-order valence-electron chi connectivity index (χ1n) is 12.2. The maximum Gasteiger partial charge on any atom is 0.244 e. The van der Waals surface area contributed by atoms with Crippen LogP contribution in [0.2, 0.25) is 0 Å². The molecule has 192 valence electrons. The van der Waals surface area contributed by atoms with Crippen LogP contribution in [0.3, 0.4) is 0 Å². The predicted octanol–water partition coefficient (Wildman–Crippen LogP) is 3.95. The van der Waals surface area contributed by atoms with Crippen LogP contribution in [0.5, 0.6) is 0 Å². The zero-order valence-corrected chi connectivity index (χ0v) is 22.5. The van der Waals surface area contributed by atoms with Crippen LogP contribution >= 0.6 is 0 Å². The van der Waals surface area contributed by atoms with Gasteiger partial charge < -0.3 is 10.2 Å². The molecule has 2 aromatic rings. The summed E-state index contributed by atoms with van der Waals surface area (Å²) in [6.07, 6.45) is 2.41. The molecule has 8 heteroatoms. The van der Waals surface area contributed by atoms with Crippen molar-refractivity contribution in [2.75, 3.05) is 23.7 Å². The minimum Gasteiger partial charge on any atom is -0.352 e. The van der Waals surface area contributed by atoms with Crippen molar-refractivity contribution in [3.63, 3.8) is 0 Å². The third-order valence-corrected chi connectivity index (χ3v) is 7.32. The molecule has 0 aliphatic carbocycles. The molecule has 7 nitrogen and oxygen atoms in total. The molecule has 0 aromatic heterocycles. The number of hydrogen-bond acceptors (Lipinski definition) is 4. The predicted molar refractivity (Wildman–Crippen MR) is 142 cm³/mol. The zero-order chi connectivity index (χ0) is 26.2. The lowest BCUT2D eigenvalue weighted by atomic mass is 10.0. The first-order chi connectivity index (χ1) is 16.4. The van der Waals surface area contributed by atoms with Gasteiger partial charge in [0.05, 0.1) is 11.9 Å². The summed E-state index contributed by atoms with van der Waals surface area (Å²) in [5.74, 6) is -0.380. The van der Waals surface area contributed by atoms with Crippen LogP contribution in [-0.2, 0) is 26.0 Å². The third kappa shape index (κ3) is 8.38. The van der Waals surface area contributed by atoms with E-state index in [1.54, 1.807) is 19.1 Å². The fraction of sp³-hybridized carbons (Fsp3) is 0.481. The molecule has 0 aliphatic heterocycles. The van der Waals surface area contributed by atoms with Gasteiger partial charge in [-0.1, -0.05) is 63.2 Å². The zero-order valence-electron chi connectivity index (χ0n) is 21.7. The minimum absolute atomic E-state index is 0.0250. The van der Waals surface area contributed by atoms with E-state index in [0.29, 0.717) is 24.6 Å². The van der Waals surface area contributed by atoms with Crippen molar-refractivity contribution in [3.8, 4) is 0 Å². The number of rotatable bonds is 12. The van der Waals surface area contributed by atoms with Crippen molar-refractivity contribution in [2.24, 2.45) is 0 Å². The van der Waals surface area contributed by atoms with Gasteiger partial charge in [-0.25, -0.2) is 8.42 Å². The number of amides is 2. The van der Waals surface area contributed by atoms with Crippen LogP contribution in [0.25, 0.3) is 0 Å². The summed E-state index contributed by atoms with van der Waals surface area (Å²) < 4.78 is 26.4. The van der Waals surface area contributed by atoms with Crippen molar-refractivity contribution >= 4 is 27.5 Å². The van der Waals surface area contributed by atoms with E-state index in [-0.39, 0.29) is 18.5 Å².